The maximum Gasteiger partial charge on any atom is 0.259 e. The van der Waals surface area contributed by atoms with Gasteiger partial charge in [0, 0.05) is 8.04 Å². The molecule has 0 heterocycles. The second-order valence-corrected chi connectivity index (χ2v) is 5.69. The van der Waals surface area contributed by atoms with Crippen LogP contribution in [0.15, 0.2) is 40.9 Å². The van der Waals surface area contributed by atoms with Crippen LogP contribution in [0.25, 0.3) is 0 Å². The minimum absolute atomic E-state index is 0.0809. The summed E-state index contributed by atoms with van der Waals surface area (Å²) in [5.41, 5.74) is 0.352. The third-order valence-electron chi connectivity index (χ3n) is 2.37. The molecule has 0 aliphatic heterocycles. The molecule has 2 aromatic rings. The lowest BCUT2D eigenvalue weighted by Crippen LogP contribution is -2.15. The second kappa shape index (κ2) is 5.96. The Balaban J connectivity index is 2.31. The molecule has 0 saturated heterocycles. The molecule has 1 N–H and O–H groups in total. The quantitative estimate of drug-likeness (QED) is 0.684. The van der Waals surface area contributed by atoms with Crippen LogP contribution in [-0.4, -0.2) is 5.91 Å². The Bertz CT molecular complexity index is 628. The molecule has 0 radical (unpaired) electrons. The van der Waals surface area contributed by atoms with Gasteiger partial charge >= 0.3 is 0 Å². The van der Waals surface area contributed by atoms with Crippen molar-refractivity contribution in [3.63, 3.8) is 0 Å². The zero-order chi connectivity index (χ0) is 14.0. The first-order valence-corrected chi connectivity index (χ1v) is 7.06. The average molecular weight is 438 g/mol. The molecule has 19 heavy (non-hydrogen) atoms. The molecule has 1 amide bonds. The summed E-state index contributed by atoms with van der Waals surface area (Å²) in [6, 6.07) is 8.23. The maximum atomic E-state index is 13.6. The van der Waals surface area contributed by atoms with Crippen molar-refractivity contribution in [3.8, 4) is 0 Å². The van der Waals surface area contributed by atoms with E-state index in [0.717, 1.165) is 0 Å². The molecule has 0 aliphatic rings. The van der Waals surface area contributed by atoms with Gasteiger partial charge in [-0.25, -0.2) is 8.78 Å². The third kappa shape index (κ3) is 3.30. The van der Waals surface area contributed by atoms with Gasteiger partial charge in [0.25, 0.3) is 5.91 Å². The van der Waals surface area contributed by atoms with Crippen LogP contribution in [0.2, 0.25) is 0 Å². The van der Waals surface area contributed by atoms with Crippen molar-refractivity contribution in [2.24, 2.45) is 0 Å². The van der Waals surface area contributed by atoms with Crippen LogP contribution < -0.4 is 5.32 Å². The van der Waals surface area contributed by atoms with Crippen LogP contribution in [0.5, 0.6) is 0 Å². The largest absolute Gasteiger partial charge is 0.321 e. The van der Waals surface area contributed by atoms with Gasteiger partial charge in [-0.1, -0.05) is 6.07 Å². The van der Waals surface area contributed by atoms with Gasteiger partial charge in [0.1, 0.15) is 11.6 Å². The molecule has 2 rings (SSSR count). The Morgan fingerprint density at radius 3 is 2.58 bits per heavy atom. The Morgan fingerprint density at radius 1 is 1.21 bits per heavy atom. The number of benzene rings is 2. The summed E-state index contributed by atoms with van der Waals surface area (Å²) in [5.74, 6) is -1.60. The van der Waals surface area contributed by atoms with Crippen LogP contribution >= 0.6 is 38.5 Å². The van der Waals surface area contributed by atoms with Gasteiger partial charge in [0.2, 0.25) is 0 Å². The van der Waals surface area contributed by atoms with E-state index in [-0.39, 0.29) is 5.56 Å². The molecule has 0 atom stereocenters. The molecule has 0 fully saturated rings. The summed E-state index contributed by atoms with van der Waals surface area (Å²) < 4.78 is 27.5. The normalized spacial score (nSPS) is 10.3. The van der Waals surface area contributed by atoms with Gasteiger partial charge in [-0.15, -0.1) is 0 Å². The zero-order valence-electron chi connectivity index (χ0n) is 9.38. The SMILES string of the molecule is O=C(Nc1ccc(F)cc1I)c1c(F)cccc1Br. The molecular weight excluding hydrogens is 431 g/mol. The van der Waals surface area contributed by atoms with Crippen LogP contribution in [-0.2, 0) is 0 Å². The lowest BCUT2D eigenvalue weighted by molar-refractivity contribution is 0.102. The van der Waals surface area contributed by atoms with E-state index in [2.05, 4.69) is 21.2 Å². The Hall–Kier alpha value is -1.02. The first-order chi connectivity index (χ1) is 8.99. The molecular formula is C13H7BrF2INO. The van der Waals surface area contributed by atoms with Crippen LogP contribution in [0.4, 0.5) is 14.5 Å². The summed E-state index contributed by atoms with van der Waals surface area (Å²) in [6.07, 6.45) is 0. The molecule has 98 valence electrons. The highest BCUT2D eigenvalue weighted by Gasteiger charge is 2.16. The van der Waals surface area contributed by atoms with Gasteiger partial charge < -0.3 is 5.32 Å². The Kier molecular flexibility index (Phi) is 4.51. The molecule has 0 unspecified atom stereocenters. The molecule has 0 bridgehead atoms. The Morgan fingerprint density at radius 2 is 1.95 bits per heavy atom. The molecule has 2 nitrogen and oxygen atoms in total. The number of nitrogens with one attached hydrogen (secondary N) is 1. The van der Waals surface area contributed by atoms with Crippen molar-refractivity contribution in [1.29, 1.82) is 0 Å². The second-order valence-electron chi connectivity index (χ2n) is 3.67. The zero-order valence-corrected chi connectivity index (χ0v) is 13.1. The minimum atomic E-state index is -0.621. The molecule has 0 saturated carbocycles. The predicted octanol–water partition coefficient (Wildman–Crippen LogP) is 4.58. The van der Waals surface area contributed by atoms with Crippen molar-refractivity contribution in [2.75, 3.05) is 5.32 Å². The summed E-state index contributed by atoms with van der Waals surface area (Å²) >= 11 is 5.02. The van der Waals surface area contributed by atoms with Gasteiger partial charge in [0.05, 0.1) is 11.3 Å². The van der Waals surface area contributed by atoms with E-state index in [4.69, 9.17) is 0 Å². The highest BCUT2D eigenvalue weighted by atomic mass is 127. The van der Waals surface area contributed by atoms with Crippen LogP contribution in [0.3, 0.4) is 0 Å². The van der Waals surface area contributed by atoms with Gasteiger partial charge in [-0.05, 0) is 68.9 Å². The van der Waals surface area contributed by atoms with Crippen molar-refractivity contribution in [1.82, 2.24) is 0 Å². The fourth-order valence-corrected chi connectivity index (χ4v) is 2.62. The Labute approximate surface area is 130 Å². The van der Waals surface area contributed by atoms with E-state index in [1.54, 1.807) is 6.07 Å². The van der Waals surface area contributed by atoms with Gasteiger partial charge in [-0.3, -0.25) is 4.79 Å². The number of hydrogen-bond donors (Lipinski definition) is 1. The summed E-state index contributed by atoms with van der Waals surface area (Å²) in [5, 5.41) is 2.55. The number of carbonyl (C=O) groups is 1. The monoisotopic (exact) mass is 437 g/mol. The minimum Gasteiger partial charge on any atom is -0.321 e. The molecule has 0 aliphatic carbocycles. The van der Waals surface area contributed by atoms with Crippen LogP contribution in [0.1, 0.15) is 10.4 Å². The fraction of sp³-hybridized carbons (Fsp3) is 0. The van der Waals surface area contributed by atoms with E-state index in [1.807, 2.05) is 22.6 Å². The van der Waals surface area contributed by atoms with E-state index in [9.17, 15) is 13.6 Å². The molecule has 0 spiro atoms. The van der Waals surface area contributed by atoms with E-state index in [0.29, 0.717) is 13.7 Å². The lowest BCUT2D eigenvalue weighted by atomic mass is 10.2. The number of amides is 1. The summed E-state index contributed by atoms with van der Waals surface area (Å²) in [6.45, 7) is 0. The highest BCUT2D eigenvalue weighted by Crippen LogP contribution is 2.23. The fourth-order valence-electron chi connectivity index (χ4n) is 1.49. The smallest absolute Gasteiger partial charge is 0.259 e. The predicted molar refractivity (Wildman–Crippen MR) is 81.2 cm³/mol. The van der Waals surface area contributed by atoms with Crippen molar-refractivity contribution < 1.29 is 13.6 Å². The van der Waals surface area contributed by atoms with Crippen molar-refractivity contribution in [3.05, 3.63) is 61.6 Å². The van der Waals surface area contributed by atoms with Gasteiger partial charge in [-0.2, -0.15) is 0 Å². The number of halogens is 4. The molecule has 0 aromatic heterocycles. The molecule has 6 heteroatoms. The maximum absolute atomic E-state index is 13.6. The van der Waals surface area contributed by atoms with Gasteiger partial charge in [0.15, 0.2) is 0 Å². The number of anilines is 1. The lowest BCUT2D eigenvalue weighted by Gasteiger charge is -2.09. The first kappa shape index (κ1) is 14.4. The van der Waals surface area contributed by atoms with E-state index < -0.39 is 17.5 Å². The highest BCUT2D eigenvalue weighted by molar-refractivity contribution is 14.1. The first-order valence-electron chi connectivity index (χ1n) is 5.19. The number of carbonyl (C=O) groups excluding carboxylic acids is 1. The summed E-state index contributed by atoms with van der Waals surface area (Å²) in [4.78, 5) is 12.0. The van der Waals surface area contributed by atoms with E-state index in [1.165, 1.54) is 30.3 Å². The summed E-state index contributed by atoms with van der Waals surface area (Å²) in [7, 11) is 0. The molecule has 2 aromatic carbocycles. The standard InChI is InChI=1S/C13H7BrF2INO/c14-8-2-1-3-9(16)12(8)13(19)18-11-5-4-7(15)6-10(11)17/h1-6H,(H,18,19). The van der Waals surface area contributed by atoms with Crippen molar-refractivity contribution >= 4 is 50.1 Å². The van der Waals surface area contributed by atoms with E-state index >= 15 is 0 Å². The van der Waals surface area contributed by atoms with Crippen LogP contribution in [0, 0.1) is 15.2 Å². The third-order valence-corrected chi connectivity index (χ3v) is 3.92. The average Bonchev–Trinajstić information content (AvgIpc) is 2.32. The van der Waals surface area contributed by atoms with Crippen molar-refractivity contribution in [2.45, 2.75) is 0 Å². The topological polar surface area (TPSA) is 29.1 Å². The number of rotatable bonds is 2. The number of hydrogen-bond acceptors (Lipinski definition) is 1.